The normalized spacial score (nSPS) is 19.6. The zero-order valence-corrected chi connectivity index (χ0v) is 12.5. The summed E-state index contributed by atoms with van der Waals surface area (Å²) in [6.07, 6.45) is 4.92. The molecule has 0 aromatic heterocycles. The fourth-order valence-electron chi connectivity index (χ4n) is 2.49. The minimum Gasteiger partial charge on any atom is -0.324 e. The van der Waals surface area contributed by atoms with E-state index in [9.17, 15) is 9.59 Å². The molecule has 1 atom stereocenters. The minimum atomic E-state index is -0.0157. The average Bonchev–Trinajstić information content (AvgIpc) is 2.48. The summed E-state index contributed by atoms with van der Waals surface area (Å²) in [5, 5.41) is 2.95. The van der Waals surface area contributed by atoms with Crippen LogP contribution in [0.3, 0.4) is 0 Å². The lowest BCUT2D eigenvalue weighted by Gasteiger charge is -2.29. The average molecular weight is 292 g/mol. The van der Waals surface area contributed by atoms with Crippen LogP contribution in [0.5, 0.6) is 0 Å². The van der Waals surface area contributed by atoms with Gasteiger partial charge in [-0.1, -0.05) is 12.1 Å². The second-order valence-corrected chi connectivity index (χ2v) is 5.87. The second kappa shape index (κ2) is 7.45. The fourth-order valence-corrected chi connectivity index (χ4v) is 3.04. The lowest BCUT2D eigenvalue weighted by Crippen LogP contribution is -2.40. The van der Waals surface area contributed by atoms with Gasteiger partial charge in [0.25, 0.3) is 0 Å². The number of carbonyl (C=O) groups excluding carboxylic acids is 2. The zero-order valence-electron chi connectivity index (χ0n) is 11.7. The number of amides is 1. The first kappa shape index (κ1) is 15.1. The van der Waals surface area contributed by atoms with E-state index in [0.29, 0.717) is 13.1 Å². The minimum absolute atomic E-state index is 0.0157. The van der Waals surface area contributed by atoms with E-state index in [1.807, 2.05) is 30.5 Å². The van der Waals surface area contributed by atoms with Gasteiger partial charge >= 0.3 is 0 Å². The Hall–Kier alpha value is -1.33. The molecule has 1 N–H and O–H groups in total. The molecule has 1 amide bonds. The van der Waals surface area contributed by atoms with Crippen molar-refractivity contribution in [1.82, 2.24) is 4.90 Å². The Bertz CT molecular complexity index is 479. The van der Waals surface area contributed by atoms with Crippen LogP contribution >= 0.6 is 11.8 Å². The van der Waals surface area contributed by atoms with Crippen molar-refractivity contribution >= 4 is 29.6 Å². The molecule has 2 rings (SSSR count). The van der Waals surface area contributed by atoms with Crippen LogP contribution in [-0.4, -0.2) is 43.0 Å². The van der Waals surface area contributed by atoms with Crippen molar-refractivity contribution in [1.29, 1.82) is 0 Å². The summed E-state index contributed by atoms with van der Waals surface area (Å²) in [7, 11) is 0. The summed E-state index contributed by atoms with van der Waals surface area (Å²) >= 11 is 1.61. The Morgan fingerprint density at radius 1 is 1.50 bits per heavy atom. The van der Waals surface area contributed by atoms with Crippen molar-refractivity contribution in [3.8, 4) is 0 Å². The molecule has 4 nitrogen and oxygen atoms in total. The van der Waals surface area contributed by atoms with Crippen molar-refractivity contribution in [2.24, 2.45) is 5.92 Å². The van der Waals surface area contributed by atoms with Crippen molar-refractivity contribution < 1.29 is 9.59 Å². The number of nitrogens with one attached hydrogen (secondary N) is 1. The van der Waals surface area contributed by atoms with E-state index in [4.69, 9.17) is 0 Å². The number of hydrogen-bond acceptors (Lipinski definition) is 4. The molecule has 1 aromatic carbocycles. The number of carbonyl (C=O) groups is 2. The first-order valence-electron chi connectivity index (χ1n) is 6.83. The molecule has 1 aromatic rings. The van der Waals surface area contributed by atoms with Crippen LogP contribution in [-0.2, 0) is 9.59 Å². The molecule has 5 heteroatoms. The molecule has 1 aliphatic rings. The van der Waals surface area contributed by atoms with Crippen LogP contribution in [0.2, 0.25) is 0 Å². The van der Waals surface area contributed by atoms with Crippen LogP contribution in [0.25, 0.3) is 0 Å². The van der Waals surface area contributed by atoms with Crippen LogP contribution in [0.4, 0.5) is 5.69 Å². The Labute approximate surface area is 123 Å². The zero-order chi connectivity index (χ0) is 14.4. The molecule has 0 saturated carbocycles. The number of thioether (sulfide) groups is 1. The molecule has 0 radical (unpaired) electrons. The van der Waals surface area contributed by atoms with E-state index in [-0.39, 0.29) is 11.8 Å². The quantitative estimate of drug-likeness (QED) is 0.668. The molecule has 1 saturated heterocycles. The molecule has 108 valence electrons. The molecule has 20 heavy (non-hydrogen) atoms. The van der Waals surface area contributed by atoms with Gasteiger partial charge < -0.3 is 10.1 Å². The highest BCUT2D eigenvalue weighted by molar-refractivity contribution is 7.98. The van der Waals surface area contributed by atoms with E-state index in [2.05, 4.69) is 10.2 Å². The maximum absolute atomic E-state index is 12.1. The monoisotopic (exact) mass is 292 g/mol. The number of nitrogens with zero attached hydrogens (tertiary/aromatic N) is 1. The number of likely N-dealkylation sites (tertiary alicyclic amines) is 1. The van der Waals surface area contributed by atoms with Gasteiger partial charge in [0.15, 0.2) is 0 Å². The molecule has 0 bridgehead atoms. The number of hydrogen-bond donors (Lipinski definition) is 1. The number of anilines is 1. The van der Waals surface area contributed by atoms with Crippen LogP contribution in [0, 0.1) is 5.92 Å². The van der Waals surface area contributed by atoms with E-state index in [1.165, 1.54) is 0 Å². The Kier molecular flexibility index (Phi) is 5.61. The Balaban J connectivity index is 1.90. The third-order valence-corrected chi connectivity index (χ3v) is 4.28. The number of para-hydroxylation sites is 1. The third-order valence-electron chi connectivity index (χ3n) is 3.48. The van der Waals surface area contributed by atoms with Gasteiger partial charge in [-0.05, 0) is 37.8 Å². The van der Waals surface area contributed by atoms with E-state index in [0.717, 1.165) is 36.3 Å². The van der Waals surface area contributed by atoms with Crippen LogP contribution in [0.1, 0.15) is 12.8 Å². The third kappa shape index (κ3) is 4.08. The highest BCUT2D eigenvalue weighted by atomic mass is 32.2. The second-order valence-electron chi connectivity index (χ2n) is 5.02. The topological polar surface area (TPSA) is 49.4 Å². The highest BCUT2D eigenvalue weighted by Gasteiger charge is 2.21. The number of benzene rings is 1. The number of piperidine rings is 1. The van der Waals surface area contributed by atoms with Gasteiger partial charge in [0, 0.05) is 17.4 Å². The molecular formula is C15H20N2O2S. The lowest BCUT2D eigenvalue weighted by atomic mass is 10.00. The molecule has 0 spiro atoms. The van der Waals surface area contributed by atoms with Gasteiger partial charge in [0.2, 0.25) is 5.91 Å². The Morgan fingerprint density at radius 2 is 2.30 bits per heavy atom. The SMILES string of the molecule is CSc1ccccc1NC(=O)CN1CCCC(C=O)C1. The molecule has 1 heterocycles. The predicted octanol–water partition coefficient (Wildman–Crippen LogP) is 2.26. The molecular weight excluding hydrogens is 272 g/mol. The van der Waals surface area contributed by atoms with Gasteiger partial charge in [0.05, 0.1) is 12.2 Å². The summed E-state index contributed by atoms with van der Waals surface area (Å²) in [6, 6.07) is 7.78. The molecule has 1 aliphatic heterocycles. The fraction of sp³-hybridized carbons (Fsp3) is 0.467. The van der Waals surface area contributed by atoms with Gasteiger partial charge in [-0.2, -0.15) is 0 Å². The van der Waals surface area contributed by atoms with Crippen molar-refractivity contribution in [2.45, 2.75) is 17.7 Å². The predicted molar refractivity (Wildman–Crippen MR) is 82.1 cm³/mol. The first-order chi connectivity index (χ1) is 9.72. The standard InChI is InChI=1S/C15H20N2O2S/c1-20-14-7-3-2-6-13(14)16-15(19)10-17-8-4-5-12(9-17)11-18/h2-3,6-7,11-12H,4-5,8-10H2,1H3,(H,16,19). The number of rotatable bonds is 5. The maximum Gasteiger partial charge on any atom is 0.238 e. The molecule has 1 unspecified atom stereocenters. The largest absolute Gasteiger partial charge is 0.324 e. The van der Waals surface area contributed by atoms with Crippen molar-refractivity contribution in [2.75, 3.05) is 31.2 Å². The summed E-state index contributed by atoms with van der Waals surface area (Å²) in [5.74, 6) is 0.0630. The summed E-state index contributed by atoms with van der Waals surface area (Å²) in [6.45, 7) is 1.94. The molecule has 0 aliphatic carbocycles. The summed E-state index contributed by atoms with van der Waals surface area (Å²) in [5.41, 5.74) is 0.856. The maximum atomic E-state index is 12.1. The van der Waals surface area contributed by atoms with Crippen LogP contribution < -0.4 is 5.32 Å². The Morgan fingerprint density at radius 3 is 3.05 bits per heavy atom. The van der Waals surface area contributed by atoms with Gasteiger partial charge in [0.1, 0.15) is 6.29 Å². The first-order valence-corrected chi connectivity index (χ1v) is 8.06. The summed E-state index contributed by atoms with van der Waals surface area (Å²) in [4.78, 5) is 26.0. The van der Waals surface area contributed by atoms with E-state index < -0.39 is 0 Å². The lowest BCUT2D eigenvalue weighted by molar-refractivity contribution is -0.119. The van der Waals surface area contributed by atoms with E-state index in [1.54, 1.807) is 11.8 Å². The van der Waals surface area contributed by atoms with Crippen molar-refractivity contribution in [3.63, 3.8) is 0 Å². The van der Waals surface area contributed by atoms with Crippen molar-refractivity contribution in [3.05, 3.63) is 24.3 Å². The van der Waals surface area contributed by atoms with Crippen LogP contribution in [0.15, 0.2) is 29.2 Å². The summed E-state index contributed by atoms with van der Waals surface area (Å²) < 4.78 is 0. The smallest absolute Gasteiger partial charge is 0.238 e. The number of aldehydes is 1. The van der Waals surface area contributed by atoms with Gasteiger partial charge in [-0.25, -0.2) is 0 Å². The van der Waals surface area contributed by atoms with Gasteiger partial charge in [-0.15, -0.1) is 11.8 Å². The van der Waals surface area contributed by atoms with E-state index >= 15 is 0 Å². The highest BCUT2D eigenvalue weighted by Crippen LogP contribution is 2.24. The van der Waals surface area contributed by atoms with Gasteiger partial charge in [-0.3, -0.25) is 9.69 Å². The molecule has 1 fully saturated rings.